The molecule has 8 aromatic carbocycles. The van der Waals surface area contributed by atoms with Crippen LogP contribution in [0.3, 0.4) is 0 Å². The highest BCUT2D eigenvalue weighted by molar-refractivity contribution is 6.11. The van der Waals surface area contributed by atoms with Gasteiger partial charge in [-0.25, -0.2) is 0 Å². The van der Waals surface area contributed by atoms with Gasteiger partial charge in [0.25, 0.3) is 0 Å². The van der Waals surface area contributed by atoms with E-state index in [1.807, 2.05) is 6.08 Å². The highest BCUT2D eigenvalue weighted by atomic mass is 15.0. The summed E-state index contributed by atoms with van der Waals surface area (Å²) in [6.45, 7) is 6.37. The summed E-state index contributed by atoms with van der Waals surface area (Å²) in [6, 6.07) is 70.2. The van der Waals surface area contributed by atoms with Crippen molar-refractivity contribution in [3.63, 3.8) is 0 Å². The van der Waals surface area contributed by atoms with Crippen LogP contribution in [0.15, 0.2) is 207 Å². The summed E-state index contributed by atoms with van der Waals surface area (Å²) in [5, 5.41) is 3.67. The van der Waals surface area contributed by atoms with E-state index in [-0.39, 0.29) is 0 Å². The second kappa shape index (κ2) is 14.3. The van der Waals surface area contributed by atoms with Crippen LogP contribution < -0.4 is 0 Å². The van der Waals surface area contributed by atoms with Crippen LogP contribution in [0.4, 0.5) is 0 Å². The first-order valence-corrected chi connectivity index (χ1v) is 19.6. The molecule has 2 nitrogen and oxygen atoms in total. The highest BCUT2D eigenvalue weighted by Gasteiger charge is 2.19. The summed E-state index contributed by atoms with van der Waals surface area (Å²) in [5.41, 5.74) is 17.7. The zero-order chi connectivity index (χ0) is 38.3. The molecule has 0 spiro atoms. The lowest BCUT2D eigenvalue weighted by molar-refractivity contribution is 1.11. The first-order valence-electron chi connectivity index (χ1n) is 19.6. The standard InChI is InChI=1S/C55H40N2/c1-3-15-47-49-36-43(30-34-54(49)56(51(47)4-2)45-32-28-41(29-33-45)40-26-24-39(25-27-40)38-16-7-5-8-17-38)44-31-35-55-50(37-44)48-21-12-14-23-53(48)57(55)52-22-13-11-20-46(52)42-18-9-6-10-19-42/h3-37H,2H2,1H3/b15-3-. The Labute approximate surface area is 333 Å². The molecule has 0 saturated carbocycles. The minimum Gasteiger partial charge on any atom is -0.309 e. The highest BCUT2D eigenvalue weighted by Crippen LogP contribution is 2.40. The Morgan fingerprint density at radius 1 is 0.404 bits per heavy atom. The molecule has 0 atom stereocenters. The predicted molar refractivity (Wildman–Crippen MR) is 244 cm³/mol. The quantitative estimate of drug-likeness (QED) is 0.147. The monoisotopic (exact) mass is 728 g/mol. The number of fused-ring (bicyclic) bond motifs is 4. The maximum atomic E-state index is 4.29. The van der Waals surface area contributed by atoms with Crippen molar-refractivity contribution in [2.75, 3.05) is 0 Å². The van der Waals surface area contributed by atoms with Gasteiger partial charge in [-0.1, -0.05) is 164 Å². The van der Waals surface area contributed by atoms with Crippen molar-refractivity contribution in [1.29, 1.82) is 0 Å². The molecule has 0 fully saturated rings. The molecule has 0 N–H and O–H groups in total. The molecule has 0 aliphatic rings. The van der Waals surface area contributed by atoms with Crippen molar-refractivity contribution in [3.05, 3.63) is 218 Å². The fourth-order valence-electron chi connectivity index (χ4n) is 8.57. The summed E-state index contributed by atoms with van der Waals surface area (Å²) in [7, 11) is 0. The number of benzene rings is 8. The van der Waals surface area contributed by atoms with Crippen molar-refractivity contribution in [2.45, 2.75) is 6.92 Å². The van der Waals surface area contributed by atoms with Crippen LogP contribution in [0.5, 0.6) is 0 Å². The molecular formula is C55H40N2. The van der Waals surface area contributed by atoms with E-state index >= 15 is 0 Å². The Morgan fingerprint density at radius 3 is 1.54 bits per heavy atom. The fraction of sp³-hybridized carbons (Fsp3) is 0.0182. The van der Waals surface area contributed by atoms with Crippen molar-refractivity contribution in [1.82, 2.24) is 9.13 Å². The van der Waals surface area contributed by atoms with Gasteiger partial charge in [-0.2, -0.15) is 0 Å². The van der Waals surface area contributed by atoms with Crippen LogP contribution in [0, 0.1) is 0 Å². The molecule has 0 aliphatic heterocycles. The molecule has 2 heteroatoms. The van der Waals surface area contributed by atoms with Crippen LogP contribution in [-0.4, -0.2) is 9.13 Å². The summed E-state index contributed by atoms with van der Waals surface area (Å²) in [5.74, 6) is 0. The number of hydrogen-bond acceptors (Lipinski definition) is 0. The number of aromatic nitrogens is 2. The lowest BCUT2D eigenvalue weighted by Gasteiger charge is -2.14. The summed E-state index contributed by atoms with van der Waals surface area (Å²) < 4.78 is 4.76. The first kappa shape index (κ1) is 34.1. The van der Waals surface area contributed by atoms with Gasteiger partial charge >= 0.3 is 0 Å². The minimum atomic E-state index is 1.08. The second-order valence-electron chi connectivity index (χ2n) is 14.5. The SMILES string of the molecule is C=Cc1c(/C=C\C)c2cc(-c3ccc4c(c3)c3ccccc3n4-c3ccccc3-c3ccccc3)ccc2n1-c1ccc(-c2ccc(-c3ccccc3)cc2)cc1. The normalized spacial score (nSPS) is 11.6. The molecule has 270 valence electrons. The van der Waals surface area contributed by atoms with E-state index in [1.165, 1.54) is 83.0 Å². The second-order valence-corrected chi connectivity index (χ2v) is 14.5. The summed E-state index contributed by atoms with van der Waals surface area (Å²) in [6.07, 6.45) is 6.32. The van der Waals surface area contributed by atoms with Gasteiger partial charge in [0.1, 0.15) is 0 Å². The molecule has 2 heterocycles. The van der Waals surface area contributed by atoms with E-state index in [4.69, 9.17) is 0 Å². The summed E-state index contributed by atoms with van der Waals surface area (Å²) >= 11 is 0. The molecule has 10 rings (SSSR count). The minimum absolute atomic E-state index is 1.08. The molecule has 10 aromatic rings. The topological polar surface area (TPSA) is 9.86 Å². The van der Waals surface area contributed by atoms with Crippen LogP contribution in [-0.2, 0) is 0 Å². The van der Waals surface area contributed by atoms with Crippen LogP contribution in [0.25, 0.3) is 101 Å². The third-order valence-electron chi connectivity index (χ3n) is 11.3. The van der Waals surface area contributed by atoms with Gasteiger partial charge in [0.05, 0.1) is 27.9 Å². The molecule has 0 saturated heterocycles. The molecule has 57 heavy (non-hydrogen) atoms. The number of para-hydroxylation sites is 2. The van der Waals surface area contributed by atoms with E-state index in [9.17, 15) is 0 Å². The van der Waals surface area contributed by atoms with Gasteiger partial charge in [-0.05, 0) is 100 Å². The van der Waals surface area contributed by atoms with Gasteiger partial charge < -0.3 is 9.13 Å². The molecular weight excluding hydrogens is 689 g/mol. The summed E-state index contributed by atoms with van der Waals surface area (Å²) in [4.78, 5) is 0. The maximum Gasteiger partial charge on any atom is 0.0541 e. The number of nitrogens with zero attached hydrogens (tertiary/aromatic N) is 2. The van der Waals surface area contributed by atoms with E-state index in [0.29, 0.717) is 0 Å². The third kappa shape index (κ3) is 5.91. The maximum absolute atomic E-state index is 4.29. The predicted octanol–water partition coefficient (Wildman–Crippen LogP) is 15.1. The van der Waals surface area contributed by atoms with E-state index in [2.05, 4.69) is 229 Å². The largest absolute Gasteiger partial charge is 0.309 e. The van der Waals surface area contributed by atoms with Gasteiger partial charge in [0, 0.05) is 33.0 Å². The average Bonchev–Trinajstić information content (AvgIpc) is 3.78. The Hall–Kier alpha value is -7.42. The van der Waals surface area contributed by atoms with Crippen molar-refractivity contribution >= 4 is 44.9 Å². The zero-order valence-electron chi connectivity index (χ0n) is 31.8. The Bertz CT molecular complexity index is 3100. The zero-order valence-corrected chi connectivity index (χ0v) is 31.8. The van der Waals surface area contributed by atoms with Crippen LogP contribution >= 0.6 is 0 Å². The van der Waals surface area contributed by atoms with Crippen molar-refractivity contribution in [3.8, 4) is 55.9 Å². The molecule has 0 unspecified atom stereocenters. The van der Waals surface area contributed by atoms with Gasteiger partial charge in [-0.15, -0.1) is 0 Å². The fourth-order valence-corrected chi connectivity index (χ4v) is 8.57. The molecule has 0 aliphatic carbocycles. The smallest absolute Gasteiger partial charge is 0.0541 e. The van der Waals surface area contributed by atoms with Crippen LogP contribution in [0.1, 0.15) is 18.2 Å². The number of allylic oxidation sites excluding steroid dienone is 1. The third-order valence-corrected chi connectivity index (χ3v) is 11.3. The first-order chi connectivity index (χ1) is 28.2. The lowest BCUT2D eigenvalue weighted by Crippen LogP contribution is -1.97. The van der Waals surface area contributed by atoms with Crippen molar-refractivity contribution < 1.29 is 0 Å². The Kier molecular flexibility index (Phi) is 8.58. The van der Waals surface area contributed by atoms with E-state index in [0.717, 1.165) is 16.9 Å². The Morgan fingerprint density at radius 2 is 0.895 bits per heavy atom. The van der Waals surface area contributed by atoms with Crippen molar-refractivity contribution in [2.24, 2.45) is 0 Å². The van der Waals surface area contributed by atoms with Gasteiger partial charge in [0.2, 0.25) is 0 Å². The average molecular weight is 729 g/mol. The molecule has 2 aromatic heterocycles. The van der Waals surface area contributed by atoms with E-state index in [1.54, 1.807) is 0 Å². The van der Waals surface area contributed by atoms with Gasteiger partial charge in [-0.3, -0.25) is 0 Å². The number of hydrogen-bond donors (Lipinski definition) is 0. The molecule has 0 bridgehead atoms. The molecule has 0 radical (unpaired) electrons. The number of rotatable bonds is 8. The van der Waals surface area contributed by atoms with Gasteiger partial charge in [0.15, 0.2) is 0 Å². The molecule has 0 amide bonds. The van der Waals surface area contributed by atoms with E-state index < -0.39 is 0 Å². The lowest BCUT2D eigenvalue weighted by atomic mass is 9.99. The Balaban J connectivity index is 1.06. The van der Waals surface area contributed by atoms with Crippen LogP contribution in [0.2, 0.25) is 0 Å².